The second-order valence-corrected chi connectivity index (χ2v) is 6.08. The lowest BCUT2D eigenvalue weighted by Gasteiger charge is -2.33. The molecule has 0 aromatic carbocycles. The first-order chi connectivity index (χ1) is 7.72. The van der Waals surface area contributed by atoms with Gasteiger partial charge >= 0.3 is 0 Å². The standard InChI is InChI=1S/C13H21NOS/c1-3-11-10(2)16-12(14-11)13(9-15)7-5-4-6-8-13/h15H,3-9H2,1-2H3. The highest BCUT2D eigenvalue weighted by molar-refractivity contribution is 7.11. The number of hydrogen-bond donors (Lipinski definition) is 1. The third kappa shape index (κ3) is 2.03. The van der Waals surface area contributed by atoms with Gasteiger partial charge in [0.15, 0.2) is 0 Å². The summed E-state index contributed by atoms with van der Waals surface area (Å²) in [4.78, 5) is 6.08. The summed E-state index contributed by atoms with van der Waals surface area (Å²) >= 11 is 1.80. The van der Waals surface area contributed by atoms with Crippen molar-refractivity contribution in [2.75, 3.05) is 6.61 Å². The molecule has 0 radical (unpaired) electrons. The van der Waals surface area contributed by atoms with Crippen molar-refractivity contribution in [2.45, 2.75) is 57.8 Å². The minimum Gasteiger partial charge on any atom is -0.395 e. The number of hydrogen-bond acceptors (Lipinski definition) is 3. The maximum atomic E-state index is 9.73. The van der Waals surface area contributed by atoms with Gasteiger partial charge in [0.1, 0.15) is 5.01 Å². The Morgan fingerprint density at radius 1 is 1.31 bits per heavy atom. The van der Waals surface area contributed by atoms with Crippen LogP contribution in [0.1, 0.15) is 54.6 Å². The monoisotopic (exact) mass is 239 g/mol. The molecule has 0 atom stereocenters. The zero-order chi connectivity index (χ0) is 11.6. The van der Waals surface area contributed by atoms with Gasteiger partial charge in [-0.05, 0) is 26.2 Å². The molecule has 0 unspecified atom stereocenters. The van der Waals surface area contributed by atoms with Gasteiger partial charge in [-0.3, -0.25) is 0 Å². The van der Waals surface area contributed by atoms with E-state index in [9.17, 15) is 5.11 Å². The summed E-state index contributed by atoms with van der Waals surface area (Å²) in [5.41, 5.74) is 1.21. The fourth-order valence-corrected chi connectivity index (χ4v) is 3.89. The summed E-state index contributed by atoms with van der Waals surface area (Å²) in [5, 5.41) is 10.9. The van der Waals surface area contributed by atoms with Crippen molar-refractivity contribution < 1.29 is 5.11 Å². The maximum Gasteiger partial charge on any atom is 0.102 e. The van der Waals surface area contributed by atoms with Crippen molar-refractivity contribution in [1.29, 1.82) is 0 Å². The Balaban J connectivity index is 2.31. The lowest BCUT2D eigenvalue weighted by Crippen LogP contribution is -2.32. The third-order valence-corrected chi connectivity index (χ3v) is 5.05. The third-order valence-electron chi connectivity index (χ3n) is 3.79. The molecule has 0 saturated heterocycles. The molecule has 2 nitrogen and oxygen atoms in total. The van der Waals surface area contributed by atoms with Crippen LogP contribution in [-0.2, 0) is 11.8 Å². The topological polar surface area (TPSA) is 33.1 Å². The van der Waals surface area contributed by atoms with E-state index in [1.54, 1.807) is 11.3 Å². The molecule has 0 spiro atoms. The predicted octanol–water partition coefficient (Wildman–Crippen LogP) is 3.21. The van der Waals surface area contributed by atoms with Crippen molar-refractivity contribution in [1.82, 2.24) is 4.98 Å². The molecule has 1 aromatic heterocycles. The molecule has 16 heavy (non-hydrogen) atoms. The highest BCUT2D eigenvalue weighted by Gasteiger charge is 2.36. The first-order valence-electron chi connectivity index (χ1n) is 6.29. The zero-order valence-corrected chi connectivity index (χ0v) is 11.1. The van der Waals surface area contributed by atoms with E-state index in [4.69, 9.17) is 4.98 Å². The van der Waals surface area contributed by atoms with Crippen LogP contribution in [0.5, 0.6) is 0 Å². The van der Waals surface area contributed by atoms with Crippen LogP contribution in [0.25, 0.3) is 0 Å². The van der Waals surface area contributed by atoms with Crippen LogP contribution in [0.15, 0.2) is 0 Å². The fourth-order valence-electron chi connectivity index (χ4n) is 2.65. The van der Waals surface area contributed by atoms with Crippen molar-refractivity contribution in [3.63, 3.8) is 0 Å². The van der Waals surface area contributed by atoms with E-state index in [0.717, 1.165) is 19.3 Å². The first kappa shape index (κ1) is 12.1. The van der Waals surface area contributed by atoms with Gasteiger partial charge in [0, 0.05) is 10.3 Å². The van der Waals surface area contributed by atoms with E-state index in [1.165, 1.54) is 34.8 Å². The van der Waals surface area contributed by atoms with Crippen LogP contribution in [-0.4, -0.2) is 16.7 Å². The lowest BCUT2D eigenvalue weighted by atomic mass is 9.75. The van der Waals surface area contributed by atoms with Crippen molar-refractivity contribution in [2.24, 2.45) is 0 Å². The van der Waals surface area contributed by atoms with E-state index in [0.29, 0.717) is 0 Å². The highest BCUT2D eigenvalue weighted by atomic mass is 32.1. The Morgan fingerprint density at radius 2 is 2.00 bits per heavy atom. The molecule has 0 amide bonds. The summed E-state index contributed by atoms with van der Waals surface area (Å²) in [7, 11) is 0. The predicted molar refractivity (Wildman–Crippen MR) is 68.1 cm³/mol. The second kappa shape index (κ2) is 4.84. The normalized spacial score (nSPS) is 19.9. The summed E-state index contributed by atoms with van der Waals surface area (Å²) in [6.07, 6.45) is 7.01. The van der Waals surface area contributed by atoms with Gasteiger partial charge in [0.2, 0.25) is 0 Å². The van der Waals surface area contributed by atoms with Crippen LogP contribution >= 0.6 is 11.3 Å². The molecule has 3 heteroatoms. The smallest absolute Gasteiger partial charge is 0.102 e. The Bertz CT molecular complexity index is 353. The van der Waals surface area contributed by atoms with E-state index in [-0.39, 0.29) is 12.0 Å². The maximum absolute atomic E-state index is 9.73. The van der Waals surface area contributed by atoms with Crippen molar-refractivity contribution >= 4 is 11.3 Å². The Labute approximate surface area is 102 Å². The average Bonchev–Trinajstić information content (AvgIpc) is 2.72. The summed E-state index contributed by atoms with van der Waals surface area (Å²) in [6.45, 7) is 4.56. The van der Waals surface area contributed by atoms with Gasteiger partial charge in [-0.2, -0.15) is 0 Å². The molecule has 1 aliphatic rings. The average molecular weight is 239 g/mol. The molecule has 0 aliphatic heterocycles. The van der Waals surface area contributed by atoms with E-state index < -0.39 is 0 Å². The summed E-state index contributed by atoms with van der Waals surface area (Å²) in [6, 6.07) is 0. The second-order valence-electron chi connectivity index (χ2n) is 4.87. The number of thiazole rings is 1. The van der Waals surface area contributed by atoms with Gasteiger partial charge in [-0.1, -0.05) is 26.2 Å². The van der Waals surface area contributed by atoms with Crippen LogP contribution in [0.2, 0.25) is 0 Å². The number of aromatic nitrogens is 1. The van der Waals surface area contributed by atoms with Gasteiger partial charge in [-0.25, -0.2) is 4.98 Å². The number of nitrogens with zero attached hydrogens (tertiary/aromatic N) is 1. The molecule has 1 saturated carbocycles. The van der Waals surface area contributed by atoms with Crippen LogP contribution in [0.3, 0.4) is 0 Å². The molecule has 1 aromatic rings. The molecular weight excluding hydrogens is 218 g/mol. The van der Waals surface area contributed by atoms with Crippen molar-refractivity contribution in [3.05, 3.63) is 15.6 Å². The first-order valence-corrected chi connectivity index (χ1v) is 7.11. The molecule has 1 N–H and O–H groups in total. The van der Waals surface area contributed by atoms with Crippen LogP contribution in [0.4, 0.5) is 0 Å². The number of aryl methyl sites for hydroxylation is 2. The van der Waals surface area contributed by atoms with E-state index in [2.05, 4.69) is 13.8 Å². The Kier molecular flexibility index (Phi) is 3.65. The molecule has 0 bridgehead atoms. The lowest BCUT2D eigenvalue weighted by molar-refractivity contribution is 0.151. The molecule has 1 fully saturated rings. The van der Waals surface area contributed by atoms with Crippen LogP contribution < -0.4 is 0 Å². The molecule has 1 heterocycles. The van der Waals surface area contributed by atoms with E-state index >= 15 is 0 Å². The van der Waals surface area contributed by atoms with Crippen molar-refractivity contribution in [3.8, 4) is 0 Å². The van der Waals surface area contributed by atoms with Gasteiger partial charge in [-0.15, -0.1) is 11.3 Å². The molecule has 2 rings (SSSR count). The molecule has 90 valence electrons. The molecular formula is C13H21NOS. The minimum absolute atomic E-state index is 0.0128. The Hall–Kier alpha value is -0.410. The Morgan fingerprint density at radius 3 is 2.50 bits per heavy atom. The van der Waals surface area contributed by atoms with Crippen LogP contribution in [0, 0.1) is 6.92 Å². The molecule has 1 aliphatic carbocycles. The quantitative estimate of drug-likeness (QED) is 0.878. The zero-order valence-electron chi connectivity index (χ0n) is 10.3. The number of aliphatic hydroxyl groups excluding tert-OH is 1. The fraction of sp³-hybridized carbons (Fsp3) is 0.769. The highest BCUT2D eigenvalue weighted by Crippen LogP contribution is 2.41. The van der Waals surface area contributed by atoms with Gasteiger partial charge in [0.05, 0.1) is 12.3 Å². The largest absolute Gasteiger partial charge is 0.395 e. The number of rotatable bonds is 3. The summed E-state index contributed by atoms with van der Waals surface area (Å²) in [5.74, 6) is 0. The van der Waals surface area contributed by atoms with Gasteiger partial charge in [0.25, 0.3) is 0 Å². The van der Waals surface area contributed by atoms with Gasteiger partial charge < -0.3 is 5.11 Å². The van der Waals surface area contributed by atoms with E-state index in [1.807, 2.05) is 0 Å². The summed E-state index contributed by atoms with van der Waals surface area (Å²) < 4.78 is 0. The SMILES string of the molecule is CCc1nc(C2(CO)CCCCC2)sc1C. The number of aliphatic hydroxyl groups is 1. The minimum atomic E-state index is -0.0128.